The zero-order valence-corrected chi connectivity index (χ0v) is 9.01. The van der Waals surface area contributed by atoms with Crippen molar-refractivity contribution in [2.75, 3.05) is 0 Å². The summed E-state index contributed by atoms with van der Waals surface area (Å²) in [5, 5.41) is 3.64. The molecule has 1 aromatic rings. The van der Waals surface area contributed by atoms with Crippen LogP contribution < -0.4 is 0 Å². The molecule has 0 saturated carbocycles. The van der Waals surface area contributed by atoms with Crippen molar-refractivity contribution >= 4 is 11.6 Å². The highest BCUT2D eigenvalue weighted by atomic mass is 35.5. The van der Waals surface area contributed by atoms with Gasteiger partial charge < -0.3 is 4.52 Å². The molecule has 0 aliphatic rings. The largest absolute Gasteiger partial charge is 0.338 e. The average Bonchev–Trinajstić information content (AvgIpc) is 2.48. The second-order valence-electron chi connectivity index (χ2n) is 3.60. The summed E-state index contributed by atoms with van der Waals surface area (Å²) in [6.45, 7) is 6.16. The molecule has 0 fully saturated rings. The van der Waals surface area contributed by atoms with Crippen molar-refractivity contribution in [1.82, 2.24) is 10.1 Å². The van der Waals surface area contributed by atoms with Crippen molar-refractivity contribution in [2.45, 2.75) is 39.0 Å². The van der Waals surface area contributed by atoms with Crippen LogP contribution in [0, 0.1) is 5.92 Å². The lowest BCUT2D eigenvalue weighted by Crippen LogP contribution is -1.94. The van der Waals surface area contributed by atoms with Gasteiger partial charge >= 0.3 is 0 Å². The number of hydrogen-bond acceptors (Lipinski definition) is 3. The molecule has 3 nitrogen and oxygen atoms in total. The SMILES string of the molecule is CC(C)CCc1noc(C(C)Cl)n1. The van der Waals surface area contributed by atoms with Crippen LogP contribution in [0.2, 0.25) is 0 Å². The van der Waals surface area contributed by atoms with Gasteiger partial charge in [0.15, 0.2) is 5.82 Å². The smallest absolute Gasteiger partial charge is 0.244 e. The Bertz CT molecular complexity index is 258. The molecule has 13 heavy (non-hydrogen) atoms. The maximum absolute atomic E-state index is 5.78. The standard InChI is InChI=1S/C9H15ClN2O/c1-6(2)4-5-8-11-9(7(3)10)13-12-8/h6-7H,4-5H2,1-3H3. The fourth-order valence-electron chi connectivity index (χ4n) is 0.948. The quantitative estimate of drug-likeness (QED) is 0.705. The van der Waals surface area contributed by atoms with Gasteiger partial charge in [0.2, 0.25) is 5.89 Å². The van der Waals surface area contributed by atoms with Crippen molar-refractivity contribution in [3.05, 3.63) is 11.7 Å². The Morgan fingerprint density at radius 1 is 1.38 bits per heavy atom. The Morgan fingerprint density at radius 3 is 2.54 bits per heavy atom. The Hall–Kier alpha value is -0.570. The van der Waals surface area contributed by atoms with Crippen molar-refractivity contribution in [3.63, 3.8) is 0 Å². The summed E-state index contributed by atoms with van der Waals surface area (Å²) in [6.07, 6.45) is 1.94. The Morgan fingerprint density at radius 2 is 2.08 bits per heavy atom. The van der Waals surface area contributed by atoms with E-state index in [2.05, 4.69) is 24.0 Å². The first-order valence-electron chi connectivity index (χ1n) is 4.56. The third kappa shape index (κ3) is 3.35. The maximum atomic E-state index is 5.78. The lowest BCUT2D eigenvalue weighted by molar-refractivity contribution is 0.372. The molecule has 0 aliphatic heterocycles. The number of nitrogens with zero attached hydrogens (tertiary/aromatic N) is 2. The van der Waals surface area contributed by atoms with Crippen molar-refractivity contribution in [1.29, 1.82) is 0 Å². The number of hydrogen-bond donors (Lipinski definition) is 0. The predicted octanol–water partition coefficient (Wildman–Crippen LogP) is 2.96. The van der Waals surface area contributed by atoms with Gasteiger partial charge in [0, 0.05) is 6.42 Å². The molecule has 0 amide bonds. The Labute approximate surface area is 83.5 Å². The van der Waals surface area contributed by atoms with Crippen LogP contribution in [-0.2, 0) is 6.42 Å². The highest BCUT2D eigenvalue weighted by Crippen LogP contribution is 2.17. The lowest BCUT2D eigenvalue weighted by atomic mass is 10.1. The van der Waals surface area contributed by atoms with Crippen LogP contribution >= 0.6 is 11.6 Å². The first-order chi connectivity index (χ1) is 6.09. The number of aryl methyl sites for hydroxylation is 1. The third-order valence-electron chi connectivity index (χ3n) is 1.77. The summed E-state index contributed by atoms with van der Waals surface area (Å²) in [5.74, 6) is 1.94. The van der Waals surface area contributed by atoms with E-state index in [0.29, 0.717) is 11.8 Å². The van der Waals surface area contributed by atoms with Gasteiger partial charge in [-0.2, -0.15) is 4.98 Å². The van der Waals surface area contributed by atoms with Gasteiger partial charge in [0.05, 0.1) is 0 Å². The second-order valence-corrected chi connectivity index (χ2v) is 4.25. The first-order valence-corrected chi connectivity index (χ1v) is 4.99. The average molecular weight is 203 g/mol. The maximum Gasteiger partial charge on any atom is 0.244 e. The third-order valence-corrected chi connectivity index (χ3v) is 1.96. The normalized spacial score (nSPS) is 13.6. The summed E-state index contributed by atoms with van der Waals surface area (Å²) in [6, 6.07) is 0. The molecular formula is C9H15ClN2O. The van der Waals surface area contributed by atoms with Gasteiger partial charge in [-0.1, -0.05) is 19.0 Å². The molecule has 1 rings (SSSR count). The van der Waals surface area contributed by atoms with Gasteiger partial charge in [0.1, 0.15) is 5.38 Å². The molecule has 4 heteroatoms. The molecule has 0 aromatic carbocycles. The minimum atomic E-state index is -0.194. The van der Waals surface area contributed by atoms with Gasteiger partial charge in [0.25, 0.3) is 0 Å². The molecule has 1 aromatic heterocycles. The molecule has 1 unspecified atom stereocenters. The molecule has 0 saturated heterocycles. The van der Waals surface area contributed by atoms with E-state index in [1.54, 1.807) is 0 Å². The van der Waals surface area contributed by atoms with Gasteiger partial charge in [-0.25, -0.2) is 0 Å². The number of aromatic nitrogens is 2. The molecule has 1 heterocycles. The van der Waals surface area contributed by atoms with E-state index in [-0.39, 0.29) is 5.38 Å². The predicted molar refractivity (Wildman–Crippen MR) is 51.7 cm³/mol. The van der Waals surface area contributed by atoms with E-state index in [1.807, 2.05) is 6.92 Å². The topological polar surface area (TPSA) is 38.9 Å². The summed E-state index contributed by atoms with van der Waals surface area (Å²) >= 11 is 5.78. The minimum absolute atomic E-state index is 0.194. The zero-order chi connectivity index (χ0) is 9.84. The monoisotopic (exact) mass is 202 g/mol. The molecule has 0 spiro atoms. The van der Waals surface area contributed by atoms with E-state index >= 15 is 0 Å². The van der Waals surface area contributed by atoms with Crippen LogP contribution in [0.1, 0.15) is 44.3 Å². The molecule has 0 bridgehead atoms. The van der Waals surface area contributed by atoms with E-state index in [4.69, 9.17) is 16.1 Å². The van der Waals surface area contributed by atoms with Gasteiger partial charge in [-0.05, 0) is 19.3 Å². The zero-order valence-electron chi connectivity index (χ0n) is 8.25. The first kappa shape index (κ1) is 10.5. The van der Waals surface area contributed by atoms with Gasteiger partial charge in [-0.15, -0.1) is 11.6 Å². The number of rotatable bonds is 4. The van der Waals surface area contributed by atoms with Crippen molar-refractivity contribution in [3.8, 4) is 0 Å². The highest BCUT2D eigenvalue weighted by molar-refractivity contribution is 6.20. The summed E-state index contributed by atoms with van der Waals surface area (Å²) < 4.78 is 4.97. The van der Waals surface area contributed by atoms with Gasteiger partial charge in [-0.3, -0.25) is 0 Å². The van der Waals surface area contributed by atoms with Crippen LogP contribution in [0.4, 0.5) is 0 Å². The van der Waals surface area contributed by atoms with Crippen molar-refractivity contribution in [2.24, 2.45) is 5.92 Å². The molecular weight excluding hydrogens is 188 g/mol. The molecule has 0 N–H and O–H groups in total. The van der Waals surface area contributed by atoms with Crippen LogP contribution in [0.5, 0.6) is 0 Å². The number of halogens is 1. The van der Waals surface area contributed by atoms with E-state index < -0.39 is 0 Å². The molecule has 1 atom stereocenters. The molecule has 0 aliphatic carbocycles. The molecule has 0 radical (unpaired) electrons. The van der Waals surface area contributed by atoms with Crippen LogP contribution in [-0.4, -0.2) is 10.1 Å². The van der Waals surface area contributed by atoms with E-state index in [1.165, 1.54) is 0 Å². The fraction of sp³-hybridized carbons (Fsp3) is 0.778. The van der Waals surface area contributed by atoms with Crippen LogP contribution in [0.3, 0.4) is 0 Å². The number of alkyl halides is 1. The molecule has 74 valence electrons. The summed E-state index contributed by atoms with van der Waals surface area (Å²) in [7, 11) is 0. The van der Waals surface area contributed by atoms with Crippen molar-refractivity contribution < 1.29 is 4.52 Å². The summed E-state index contributed by atoms with van der Waals surface area (Å²) in [5.41, 5.74) is 0. The summed E-state index contributed by atoms with van der Waals surface area (Å²) in [4.78, 5) is 4.17. The van der Waals surface area contributed by atoms with E-state index in [0.717, 1.165) is 18.7 Å². The Balaban J connectivity index is 2.49. The highest BCUT2D eigenvalue weighted by Gasteiger charge is 2.11. The fourth-order valence-corrected chi connectivity index (χ4v) is 1.04. The second kappa shape index (κ2) is 4.61. The minimum Gasteiger partial charge on any atom is -0.338 e. The van der Waals surface area contributed by atoms with E-state index in [9.17, 15) is 0 Å². The lowest BCUT2D eigenvalue weighted by Gasteiger charge is -1.98. The van der Waals surface area contributed by atoms with Crippen LogP contribution in [0.25, 0.3) is 0 Å². The van der Waals surface area contributed by atoms with Crippen LogP contribution in [0.15, 0.2) is 4.52 Å². The Kier molecular flexibility index (Phi) is 3.72.